The van der Waals surface area contributed by atoms with Crippen molar-refractivity contribution in [2.45, 2.75) is 31.2 Å². The Morgan fingerprint density at radius 3 is 2.50 bits per heavy atom. The fourth-order valence-electron chi connectivity index (χ4n) is 4.44. The number of amides is 1. The van der Waals surface area contributed by atoms with Gasteiger partial charge >= 0.3 is 0 Å². The highest BCUT2D eigenvalue weighted by Crippen LogP contribution is 2.32. The first-order chi connectivity index (χ1) is 16.4. The third-order valence-electron chi connectivity index (χ3n) is 6.57. The molecule has 2 fully saturated rings. The minimum atomic E-state index is -2.66. The molecule has 1 aromatic carbocycles. The summed E-state index contributed by atoms with van der Waals surface area (Å²) >= 11 is 6.37. The predicted molar refractivity (Wildman–Crippen MR) is 126 cm³/mol. The van der Waals surface area contributed by atoms with E-state index in [-0.39, 0.29) is 44.4 Å². The highest BCUT2D eigenvalue weighted by atomic mass is 35.5. The summed E-state index contributed by atoms with van der Waals surface area (Å²) in [6.07, 6.45) is 5.81. The first kappa shape index (κ1) is 22.9. The van der Waals surface area contributed by atoms with E-state index in [2.05, 4.69) is 25.2 Å². The van der Waals surface area contributed by atoms with E-state index in [0.717, 1.165) is 25.1 Å². The highest BCUT2D eigenvalue weighted by Gasteiger charge is 2.37. The summed E-state index contributed by atoms with van der Waals surface area (Å²) in [4.78, 5) is 30.5. The van der Waals surface area contributed by atoms with E-state index in [1.54, 1.807) is 42.9 Å². The zero-order valence-corrected chi connectivity index (χ0v) is 19.3. The summed E-state index contributed by atoms with van der Waals surface area (Å²) in [6, 6.07) is 6.64. The molecule has 178 valence electrons. The minimum absolute atomic E-state index is 0.212. The average molecular weight is 487 g/mol. The fraction of sp³-hybridized carbons (Fsp3) is 0.417. The smallest absolute Gasteiger partial charge is 0.253 e. The quantitative estimate of drug-likeness (QED) is 0.565. The summed E-state index contributed by atoms with van der Waals surface area (Å²) < 4.78 is 27.6. The Hall–Kier alpha value is -2.91. The molecule has 1 unspecified atom stereocenters. The molecular weight excluding hydrogens is 462 g/mol. The van der Waals surface area contributed by atoms with Gasteiger partial charge in [0.2, 0.25) is 5.95 Å². The van der Waals surface area contributed by atoms with Crippen LogP contribution in [0.2, 0.25) is 5.02 Å². The van der Waals surface area contributed by atoms with Gasteiger partial charge in [0.05, 0.1) is 22.1 Å². The van der Waals surface area contributed by atoms with Crippen molar-refractivity contribution in [3.05, 3.63) is 59.0 Å². The number of hydrogen-bond acceptors (Lipinski definition) is 6. The summed E-state index contributed by atoms with van der Waals surface area (Å²) in [7, 11) is 0. The molecule has 2 aromatic heterocycles. The number of halogens is 3. The molecule has 0 aliphatic carbocycles. The highest BCUT2D eigenvalue weighted by molar-refractivity contribution is 6.35. The molecule has 1 atom stereocenters. The molecular formula is C24H25ClF2N6O. The number of fused-ring (bicyclic) bond motifs is 1. The van der Waals surface area contributed by atoms with E-state index in [1.165, 1.54) is 0 Å². The lowest BCUT2D eigenvalue weighted by Gasteiger charge is -2.37. The van der Waals surface area contributed by atoms with Crippen molar-refractivity contribution >= 4 is 34.4 Å². The van der Waals surface area contributed by atoms with Gasteiger partial charge < -0.3 is 10.2 Å². The van der Waals surface area contributed by atoms with E-state index in [4.69, 9.17) is 11.6 Å². The van der Waals surface area contributed by atoms with Crippen LogP contribution >= 0.6 is 11.6 Å². The van der Waals surface area contributed by atoms with Gasteiger partial charge in [-0.2, -0.15) is 0 Å². The third kappa shape index (κ3) is 4.67. The molecule has 2 aliphatic rings. The Kier molecular flexibility index (Phi) is 6.31. The summed E-state index contributed by atoms with van der Waals surface area (Å²) in [5, 5.41) is 3.95. The number of piperidine rings is 1. The monoisotopic (exact) mass is 486 g/mol. The molecule has 0 radical (unpaired) electrons. The molecule has 2 saturated heterocycles. The molecule has 4 heterocycles. The first-order valence-corrected chi connectivity index (χ1v) is 11.8. The lowest BCUT2D eigenvalue weighted by molar-refractivity contribution is -0.0632. The van der Waals surface area contributed by atoms with Gasteiger partial charge in [0.1, 0.15) is 0 Å². The van der Waals surface area contributed by atoms with E-state index >= 15 is 0 Å². The van der Waals surface area contributed by atoms with Crippen LogP contribution in [0.1, 0.15) is 41.2 Å². The lowest BCUT2D eigenvalue weighted by Crippen LogP contribution is -2.45. The summed E-state index contributed by atoms with van der Waals surface area (Å²) in [5.74, 6) is -2.34. The maximum absolute atomic E-state index is 13.8. The standard InChI is InChI=1S/C24H25ClF2N6O/c25-18-4-5-19-17(3-1-8-28-19)21(18)22(34)29-15-20(32-11-6-24(26,27)7-12-32)16-13-30-23(31-14-16)33-9-2-10-33/h1,3-5,8,13-14,20H,2,6-7,9-12,15H2,(H,29,34). The van der Waals surface area contributed by atoms with E-state index in [9.17, 15) is 13.6 Å². The van der Waals surface area contributed by atoms with Gasteiger partial charge in [-0.3, -0.25) is 14.7 Å². The van der Waals surface area contributed by atoms with Crippen LogP contribution in [0.3, 0.4) is 0 Å². The molecule has 1 amide bonds. The zero-order chi connectivity index (χ0) is 23.7. The number of carbonyl (C=O) groups excluding carboxylic acids is 1. The van der Waals surface area contributed by atoms with Crippen LogP contribution in [0.4, 0.5) is 14.7 Å². The Bertz CT molecular complexity index is 1180. The molecule has 0 saturated carbocycles. The van der Waals surface area contributed by atoms with Gasteiger partial charge in [0.25, 0.3) is 11.8 Å². The maximum atomic E-state index is 13.8. The Labute approximate surface area is 201 Å². The second-order valence-corrected chi connectivity index (χ2v) is 9.17. The molecule has 34 heavy (non-hydrogen) atoms. The molecule has 3 aromatic rings. The van der Waals surface area contributed by atoms with Crippen molar-refractivity contribution in [3.8, 4) is 0 Å². The molecule has 1 N–H and O–H groups in total. The van der Waals surface area contributed by atoms with Crippen molar-refractivity contribution in [2.24, 2.45) is 0 Å². The van der Waals surface area contributed by atoms with Crippen LogP contribution in [0, 0.1) is 0 Å². The van der Waals surface area contributed by atoms with Crippen LogP contribution in [0.25, 0.3) is 10.9 Å². The van der Waals surface area contributed by atoms with Gasteiger partial charge in [0, 0.05) is 75.1 Å². The van der Waals surface area contributed by atoms with Crippen molar-refractivity contribution in [3.63, 3.8) is 0 Å². The predicted octanol–water partition coefficient (Wildman–Crippen LogP) is 4.09. The molecule has 0 spiro atoms. The molecule has 7 nitrogen and oxygen atoms in total. The van der Waals surface area contributed by atoms with Crippen LogP contribution in [-0.2, 0) is 0 Å². The van der Waals surface area contributed by atoms with Crippen molar-refractivity contribution in [1.82, 2.24) is 25.2 Å². The minimum Gasteiger partial charge on any atom is -0.350 e. The molecule has 10 heteroatoms. The van der Waals surface area contributed by atoms with Crippen molar-refractivity contribution in [1.29, 1.82) is 0 Å². The SMILES string of the molecule is O=C(NCC(c1cnc(N2CCC2)nc1)N1CCC(F)(F)CC1)c1c(Cl)ccc2ncccc12. The lowest BCUT2D eigenvalue weighted by atomic mass is 10.0. The topological polar surface area (TPSA) is 74.2 Å². The van der Waals surface area contributed by atoms with Gasteiger partial charge in [-0.15, -0.1) is 0 Å². The zero-order valence-electron chi connectivity index (χ0n) is 18.6. The number of nitrogens with zero attached hydrogens (tertiary/aromatic N) is 5. The number of pyridine rings is 1. The van der Waals surface area contributed by atoms with Crippen molar-refractivity contribution < 1.29 is 13.6 Å². The van der Waals surface area contributed by atoms with Crippen LogP contribution in [-0.4, -0.2) is 64.4 Å². The number of nitrogens with one attached hydrogen (secondary N) is 1. The number of benzene rings is 1. The van der Waals surface area contributed by atoms with Crippen LogP contribution in [0.5, 0.6) is 0 Å². The first-order valence-electron chi connectivity index (χ1n) is 11.4. The number of hydrogen-bond donors (Lipinski definition) is 1. The normalized spacial score (nSPS) is 19.0. The largest absolute Gasteiger partial charge is 0.350 e. The van der Waals surface area contributed by atoms with Gasteiger partial charge in [0.15, 0.2) is 0 Å². The van der Waals surface area contributed by atoms with E-state index < -0.39 is 5.92 Å². The number of carbonyl (C=O) groups is 1. The van der Waals surface area contributed by atoms with Gasteiger partial charge in [-0.05, 0) is 24.6 Å². The maximum Gasteiger partial charge on any atom is 0.253 e. The van der Waals surface area contributed by atoms with Crippen LogP contribution < -0.4 is 10.2 Å². The third-order valence-corrected chi connectivity index (χ3v) is 6.88. The molecule has 2 aliphatic heterocycles. The Balaban J connectivity index is 1.37. The number of alkyl halides is 2. The molecule has 5 rings (SSSR count). The van der Waals surface area contributed by atoms with E-state index in [0.29, 0.717) is 27.4 Å². The van der Waals surface area contributed by atoms with Gasteiger partial charge in [-0.25, -0.2) is 18.7 Å². The number of anilines is 1. The average Bonchev–Trinajstić information content (AvgIpc) is 2.79. The number of aromatic nitrogens is 3. The van der Waals surface area contributed by atoms with Crippen LogP contribution in [0.15, 0.2) is 42.9 Å². The Morgan fingerprint density at radius 1 is 1.09 bits per heavy atom. The Morgan fingerprint density at radius 2 is 1.82 bits per heavy atom. The number of likely N-dealkylation sites (tertiary alicyclic amines) is 1. The second kappa shape index (κ2) is 9.38. The molecule has 0 bridgehead atoms. The fourth-order valence-corrected chi connectivity index (χ4v) is 4.69. The van der Waals surface area contributed by atoms with Gasteiger partial charge in [-0.1, -0.05) is 17.7 Å². The number of rotatable bonds is 6. The second-order valence-electron chi connectivity index (χ2n) is 8.77. The van der Waals surface area contributed by atoms with Crippen molar-refractivity contribution in [2.75, 3.05) is 37.6 Å². The summed E-state index contributed by atoms with van der Waals surface area (Å²) in [5.41, 5.74) is 1.79. The summed E-state index contributed by atoms with van der Waals surface area (Å²) in [6.45, 7) is 2.52. The van der Waals surface area contributed by atoms with E-state index in [1.807, 2.05) is 4.90 Å².